The zero-order valence-corrected chi connectivity index (χ0v) is 18.8. The molecular formula is C22H26FN5O3S. The Morgan fingerprint density at radius 3 is 2.41 bits per heavy atom. The average molecular weight is 460 g/mol. The lowest BCUT2D eigenvalue weighted by molar-refractivity contribution is 0.122. The fourth-order valence-electron chi connectivity index (χ4n) is 4.20. The van der Waals surface area contributed by atoms with E-state index in [9.17, 15) is 8.60 Å². The minimum atomic E-state index is -1.44. The number of rotatable bonds is 5. The number of anilines is 2. The number of ether oxygens (including phenoxy) is 2. The third-order valence-corrected chi connectivity index (χ3v) is 7.16. The molecule has 0 radical (unpaired) electrons. The molecule has 8 nitrogen and oxygen atoms in total. The van der Waals surface area contributed by atoms with Crippen LogP contribution in [0, 0.1) is 12.7 Å². The van der Waals surface area contributed by atoms with Crippen molar-refractivity contribution in [3.63, 3.8) is 0 Å². The number of fused-ring (bicyclic) bond motifs is 1. The first-order valence-corrected chi connectivity index (χ1v) is 12.1. The molecule has 2 aliphatic heterocycles. The summed E-state index contributed by atoms with van der Waals surface area (Å²) in [6.07, 6.45) is 1.76. The van der Waals surface area contributed by atoms with Crippen molar-refractivity contribution in [2.45, 2.75) is 17.8 Å². The molecule has 32 heavy (non-hydrogen) atoms. The summed E-state index contributed by atoms with van der Waals surface area (Å²) in [6, 6.07) is 5.14. The fraction of sp³-hybridized carbons (Fsp3) is 0.455. The molecule has 1 N–H and O–H groups in total. The molecule has 0 bridgehead atoms. The monoisotopic (exact) mass is 459 g/mol. The van der Waals surface area contributed by atoms with Gasteiger partial charge in [-0.1, -0.05) is 0 Å². The van der Waals surface area contributed by atoms with Crippen LogP contribution < -0.4 is 9.80 Å². The van der Waals surface area contributed by atoms with E-state index in [1.165, 1.54) is 6.07 Å². The Morgan fingerprint density at radius 2 is 1.72 bits per heavy atom. The molecule has 5 rings (SSSR count). The van der Waals surface area contributed by atoms with Crippen LogP contribution in [0.5, 0.6) is 0 Å². The SMILES string of the molecule is Cc1c(N2CCOCC2)ccnc1CS(=O)c1nc2cc(N3CCOCC3)c(F)cc2[nH]1. The van der Waals surface area contributed by atoms with E-state index < -0.39 is 10.8 Å². The maximum absolute atomic E-state index is 14.7. The second-order valence-corrected chi connectivity index (χ2v) is 9.32. The largest absolute Gasteiger partial charge is 0.378 e. The van der Waals surface area contributed by atoms with Crippen LogP contribution in [0.25, 0.3) is 11.0 Å². The quantitative estimate of drug-likeness (QED) is 0.627. The van der Waals surface area contributed by atoms with Gasteiger partial charge in [0, 0.05) is 44.1 Å². The minimum Gasteiger partial charge on any atom is -0.378 e. The minimum absolute atomic E-state index is 0.239. The molecule has 170 valence electrons. The maximum Gasteiger partial charge on any atom is 0.197 e. The number of halogens is 1. The first kappa shape index (κ1) is 21.3. The molecule has 2 aromatic heterocycles. The van der Waals surface area contributed by atoms with E-state index in [1.54, 1.807) is 12.3 Å². The van der Waals surface area contributed by atoms with Crippen LogP contribution >= 0.6 is 0 Å². The number of H-pyrrole nitrogens is 1. The number of pyridine rings is 1. The van der Waals surface area contributed by atoms with Crippen molar-refractivity contribution in [3.05, 3.63) is 41.5 Å². The molecule has 0 aliphatic carbocycles. The lowest BCUT2D eigenvalue weighted by atomic mass is 10.1. The highest BCUT2D eigenvalue weighted by Gasteiger charge is 2.20. The normalized spacial score (nSPS) is 18.3. The number of imidazole rings is 1. The summed E-state index contributed by atoms with van der Waals surface area (Å²) >= 11 is 0. The Morgan fingerprint density at radius 1 is 1.06 bits per heavy atom. The van der Waals surface area contributed by atoms with Gasteiger partial charge in [0.25, 0.3) is 0 Å². The van der Waals surface area contributed by atoms with Gasteiger partial charge < -0.3 is 24.3 Å². The predicted octanol–water partition coefficient (Wildman–Crippen LogP) is 2.39. The average Bonchev–Trinajstić information content (AvgIpc) is 3.24. The van der Waals surface area contributed by atoms with Gasteiger partial charge in [0.1, 0.15) is 5.82 Å². The number of hydrogen-bond acceptors (Lipinski definition) is 7. The second-order valence-electron chi connectivity index (χ2n) is 7.95. The first-order chi connectivity index (χ1) is 15.6. The molecule has 2 aliphatic rings. The van der Waals surface area contributed by atoms with E-state index in [-0.39, 0.29) is 11.6 Å². The van der Waals surface area contributed by atoms with Crippen LogP contribution in [0.2, 0.25) is 0 Å². The summed E-state index contributed by atoms with van der Waals surface area (Å²) < 4.78 is 38.6. The number of benzene rings is 1. The number of nitrogens with one attached hydrogen (secondary N) is 1. The zero-order chi connectivity index (χ0) is 22.1. The molecular weight excluding hydrogens is 433 g/mol. The number of nitrogens with zero attached hydrogens (tertiary/aromatic N) is 4. The maximum atomic E-state index is 14.7. The Labute approximate surface area is 188 Å². The number of aromatic amines is 1. The highest BCUT2D eigenvalue weighted by molar-refractivity contribution is 7.84. The van der Waals surface area contributed by atoms with Gasteiger partial charge >= 0.3 is 0 Å². The lowest BCUT2D eigenvalue weighted by Gasteiger charge is -2.30. The van der Waals surface area contributed by atoms with Gasteiger partial charge in [-0.3, -0.25) is 9.19 Å². The van der Waals surface area contributed by atoms with Crippen LogP contribution in [0.1, 0.15) is 11.3 Å². The van der Waals surface area contributed by atoms with E-state index in [0.29, 0.717) is 61.4 Å². The van der Waals surface area contributed by atoms with Crippen LogP contribution in [0.4, 0.5) is 15.8 Å². The third kappa shape index (κ3) is 4.22. The van der Waals surface area contributed by atoms with Gasteiger partial charge in [-0.2, -0.15) is 0 Å². The van der Waals surface area contributed by atoms with Crippen LogP contribution in [0.3, 0.4) is 0 Å². The molecule has 2 fully saturated rings. The van der Waals surface area contributed by atoms with Gasteiger partial charge in [-0.25, -0.2) is 9.37 Å². The van der Waals surface area contributed by atoms with Crippen LogP contribution in [0.15, 0.2) is 29.6 Å². The van der Waals surface area contributed by atoms with Gasteiger partial charge in [-0.15, -0.1) is 0 Å². The molecule has 10 heteroatoms. The summed E-state index contributed by atoms with van der Waals surface area (Å²) in [5.74, 6) is -0.0843. The second kappa shape index (κ2) is 9.13. The Balaban J connectivity index is 1.38. The topological polar surface area (TPSA) is 83.6 Å². The summed E-state index contributed by atoms with van der Waals surface area (Å²) in [6.45, 7) is 7.48. The number of hydrogen-bond donors (Lipinski definition) is 1. The first-order valence-electron chi connectivity index (χ1n) is 10.8. The van der Waals surface area contributed by atoms with Gasteiger partial charge in [0.15, 0.2) is 5.16 Å². The van der Waals surface area contributed by atoms with Gasteiger partial charge in [0.2, 0.25) is 0 Å². The van der Waals surface area contributed by atoms with Crippen molar-refractivity contribution in [3.8, 4) is 0 Å². The highest BCUT2D eigenvalue weighted by atomic mass is 32.2. The lowest BCUT2D eigenvalue weighted by Crippen LogP contribution is -2.36. The van der Waals surface area contributed by atoms with Crippen molar-refractivity contribution in [1.29, 1.82) is 0 Å². The number of aromatic nitrogens is 3. The molecule has 1 unspecified atom stereocenters. The van der Waals surface area contributed by atoms with Gasteiger partial charge in [-0.05, 0) is 24.6 Å². The smallest absolute Gasteiger partial charge is 0.197 e. The fourth-order valence-corrected chi connectivity index (χ4v) is 5.30. The zero-order valence-electron chi connectivity index (χ0n) is 18.0. The van der Waals surface area contributed by atoms with Crippen molar-refractivity contribution in [2.24, 2.45) is 0 Å². The van der Waals surface area contributed by atoms with E-state index in [2.05, 4.69) is 19.9 Å². The molecule has 1 atom stereocenters. The predicted molar refractivity (Wildman–Crippen MR) is 121 cm³/mol. The number of morpholine rings is 2. The van der Waals surface area contributed by atoms with E-state index in [0.717, 1.165) is 30.0 Å². The molecule has 3 aromatic rings. The molecule has 0 saturated carbocycles. The van der Waals surface area contributed by atoms with E-state index in [4.69, 9.17) is 9.47 Å². The van der Waals surface area contributed by atoms with Crippen molar-refractivity contribution < 1.29 is 18.1 Å². The van der Waals surface area contributed by atoms with Gasteiger partial charge in [0.05, 0.1) is 65.4 Å². The Kier molecular flexibility index (Phi) is 6.07. The Hall–Kier alpha value is -2.56. The standard InChI is InChI=1S/C22H26FN5O3S/c1-15-19(24-3-2-20(15)27-4-8-30-9-5-27)14-32(29)22-25-17-12-16(23)21(13-18(17)26-22)28-6-10-31-11-7-28/h2-3,12-13H,4-11,14H2,1H3,(H,25,26). The highest BCUT2D eigenvalue weighted by Crippen LogP contribution is 2.28. The third-order valence-electron chi connectivity index (χ3n) is 6.00. The molecule has 4 heterocycles. The molecule has 1 aromatic carbocycles. The van der Waals surface area contributed by atoms with E-state index >= 15 is 0 Å². The van der Waals surface area contributed by atoms with E-state index in [1.807, 2.05) is 17.9 Å². The van der Waals surface area contributed by atoms with Crippen LogP contribution in [-0.4, -0.2) is 71.8 Å². The van der Waals surface area contributed by atoms with Crippen LogP contribution in [-0.2, 0) is 26.0 Å². The molecule has 0 spiro atoms. The van der Waals surface area contributed by atoms with Crippen molar-refractivity contribution in [2.75, 3.05) is 62.4 Å². The molecule has 0 amide bonds. The van der Waals surface area contributed by atoms with Crippen molar-refractivity contribution in [1.82, 2.24) is 15.0 Å². The summed E-state index contributed by atoms with van der Waals surface area (Å²) in [5, 5.41) is 0.330. The summed E-state index contributed by atoms with van der Waals surface area (Å²) in [7, 11) is -1.44. The summed E-state index contributed by atoms with van der Waals surface area (Å²) in [5.41, 5.74) is 4.52. The summed E-state index contributed by atoms with van der Waals surface area (Å²) in [4.78, 5) is 16.2. The van der Waals surface area contributed by atoms with Crippen molar-refractivity contribution >= 4 is 33.2 Å². The Bertz CT molecular complexity index is 1140. The molecule has 2 saturated heterocycles.